The Morgan fingerprint density at radius 2 is 2.11 bits per heavy atom. The molecule has 1 heterocycles. The molecule has 27 heavy (non-hydrogen) atoms. The molecule has 2 rings (SSSR count). The number of methoxy groups -OCH3 is 1. The number of ether oxygens (including phenoxy) is 3. The second-order valence-corrected chi connectivity index (χ2v) is 7.06. The highest BCUT2D eigenvalue weighted by atomic mass is 79.9. The van der Waals surface area contributed by atoms with Crippen LogP contribution in [0.25, 0.3) is 6.08 Å². The van der Waals surface area contributed by atoms with Gasteiger partial charge in [0.1, 0.15) is 0 Å². The summed E-state index contributed by atoms with van der Waals surface area (Å²) in [5.41, 5.74) is 0.631. The number of carbonyl (C=O) groups is 3. The number of carbonyl (C=O) groups excluding carboxylic acids is 3. The molecule has 1 aliphatic rings. The van der Waals surface area contributed by atoms with Crippen LogP contribution >= 0.6 is 27.7 Å². The monoisotopic (exact) mass is 455 g/mol. The molecule has 0 unspecified atom stereocenters. The molecule has 0 N–H and O–H groups in total. The second kappa shape index (κ2) is 9.61. The molecule has 9 heteroatoms. The zero-order valence-corrected chi connectivity index (χ0v) is 17.2. The zero-order chi connectivity index (χ0) is 20.0. The van der Waals surface area contributed by atoms with E-state index in [-0.39, 0.29) is 30.9 Å². The molecular weight excluding hydrogens is 438 g/mol. The SMILES string of the molecule is C=CCN1C(=O)S/C(=C/c2cc(Br)c(OCC(=O)OCC)c(OC)c2)C1=O. The summed E-state index contributed by atoms with van der Waals surface area (Å²) in [4.78, 5) is 37.1. The predicted octanol–water partition coefficient (Wildman–Crippen LogP) is 3.62. The van der Waals surface area contributed by atoms with E-state index in [1.165, 1.54) is 13.2 Å². The average molecular weight is 456 g/mol. The van der Waals surface area contributed by atoms with Crippen molar-refractivity contribution in [2.24, 2.45) is 0 Å². The van der Waals surface area contributed by atoms with Gasteiger partial charge in [-0.2, -0.15) is 0 Å². The highest BCUT2D eigenvalue weighted by Crippen LogP contribution is 2.39. The quantitative estimate of drug-likeness (QED) is 0.336. The van der Waals surface area contributed by atoms with E-state index in [1.54, 1.807) is 25.1 Å². The number of esters is 1. The van der Waals surface area contributed by atoms with Crippen molar-refractivity contribution in [2.45, 2.75) is 6.92 Å². The van der Waals surface area contributed by atoms with Gasteiger partial charge < -0.3 is 14.2 Å². The van der Waals surface area contributed by atoms with Crippen LogP contribution in [0.4, 0.5) is 4.79 Å². The first-order valence-corrected chi connectivity index (χ1v) is 9.54. The summed E-state index contributed by atoms with van der Waals surface area (Å²) < 4.78 is 16.1. The smallest absolute Gasteiger partial charge is 0.344 e. The largest absolute Gasteiger partial charge is 0.493 e. The van der Waals surface area contributed by atoms with E-state index in [0.717, 1.165) is 16.7 Å². The first-order chi connectivity index (χ1) is 12.9. The Morgan fingerprint density at radius 1 is 1.37 bits per heavy atom. The molecule has 0 aliphatic carbocycles. The maximum Gasteiger partial charge on any atom is 0.344 e. The molecule has 0 spiro atoms. The van der Waals surface area contributed by atoms with Gasteiger partial charge in [-0.25, -0.2) is 4.79 Å². The molecule has 1 saturated heterocycles. The predicted molar refractivity (Wildman–Crippen MR) is 106 cm³/mol. The molecular formula is C18H18BrNO6S. The fourth-order valence-corrected chi connectivity index (χ4v) is 3.66. The van der Waals surface area contributed by atoms with E-state index in [0.29, 0.717) is 26.4 Å². The van der Waals surface area contributed by atoms with Crippen molar-refractivity contribution >= 4 is 50.9 Å². The van der Waals surface area contributed by atoms with Gasteiger partial charge in [-0.05, 0) is 58.4 Å². The minimum Gasteiger partial charge on any atom is -0.493 e. The van der Waals surface area contributed by atoms with E-state index in [9.17, 15) is 14.4 Å². The summed E-state index contributed by atoms with van der Waals surface area (Å²) in [6.07, 6.45) is 3.09. The van der Waals surface area contributed by atoms with Crippen molar-refractivity contribution < 1.29 is 28.6 Å². The topological polar surface area (TPSA) is 82.1 Å². The fourth-order valence-electron chi connectivity index (χ4n) is 2.23. The number of nitrogens with zero attached hydrogens (tertiary/aromatic N) is 1. The number of benzene rings is 1. The van der Waals surface area contributed by atoms with Gasteiger partial charge in [0.2, 0.25) is 0 Å². The van der Waals surface area contributed by atoms with Crippen molar-refractivity contribution in [3.8, 4) is 11.5 Å². The minimum absolute atomic E-state index is 0.162. The van der Waals surface area contributed by atoms with Crippen LogP contribution in [0.5, 0.6) is 11.5 Å². The Labute approximate surface area is 169 Å². The maximum absolute atomic E-state index is 12.3. The lowest BCUT2D eigenvalue weighted by atomic mass is 10.2. The van der Waals surface area contributed by atoms with Gasteiger partial charge in [-0.15, -0.1) is 6.58 Å². The Kier molecular flexibility index (Phi) is 7.49. The lowest BCUT2D eigenvalue weighted by Crippen LogP contribution is -2.27. The Balaban J connectivity index is 2.26. The second-order valence-electron chi connectivity index (χ2n) is 5.21. The zero-order valence-electron chi connectivity index (χ0n) is 14.8. The standard InChI is InChI=1S/C18H18BrNO6S/c1-4-6-20-17(22)14(27-18(20)23)9-11-7-12(19)16(13(8-11)24-3)26-10-15(21)25-5-2/h4,7-9H,1,5-6,10H2,2-3H3/b14-9+. The summed E-state index contributed by atoms with van der Waals surface area (Å²) in [7, 11) is 1.46. The highest BCUT2D eigenvalue weighted by Gasteiger charge is 2.34. The molecule has 0 bridgehead atoms. The van der Waals surface area contributed by atoms with Crippen molar-refractivity contribution in [1.29, 1.82) is 0 Å². The highest BCUT2D eigenvalue weighted by molar-refractivity contribution is 9.10. The molecule has 0 aromatic heterocycles. The number of amides is 2. The van der Waals surface area contributed by atoms with Crippen molar-refractivity contribution in [3.05, 3.63) is 39.7 Å². The molecule has 2 amide bonds. The van der Waals surface area contributed by atoms with E-state index in [2.05, 4.69) is 22.5 Å². The summed E-state index contributed by atoms with van der Waals surface area (Å²) >= 11 is 4.23. The molecule has 0 saturated carbocycles. The van der Waals surface area contributed by atoms with E-state index in [1.807, 2.05) is 0 Å². The fraction of sp³-hybridized carbons (Fsp3) is 0.278. The van der Waals surface area contributed by atoms with E-state index >= 15 is 0 Å². The third-order valence-electron chi connectivity index (χ3n) is 3.37. The summed E-state index contributed by atoms with van der Waals surface area (Å²) in [5.74, 6) is -0.165. The lowest BCUT2D eigenvalue weighted by Gasteiger charge is -2.13. The number of thioether (sulfide) groups is 1. The van der Waals surface area contributed by atoms with Gasteiger partial charge >= 0.3 is 5.97 Å². The molecule has 1 aromatic rings. The average Bonchev–Trinajstić information content (AvgIpc) is 2.88. The van der Waals surface area contributed by atoms with Crippen molar-refractivity contribution in [3.63, 3.8) is 0 Å². The number of imide groups is 1. The lowest BCUT2D eigenvalue weighted by molar-refractivity contribution is -0.145. The van der Waals surface area contributed by atoms with Gasteiger partial charge in [-0.3, -0.25) is 14.5 Å². The number of rotatable bonds is 8. The van der Waals surface area contributed by atoms with Crippen LogP contribution in [0.1, 0.15) is 12.5 Å². The van der Waals surface area contributed by atoms with Gasteiger partial charge in [0.05, 0.1) is 23.1 Å². The van der Waals surface area contributed by atoms with Crippen LogP contribution < -0.4 is 9.47 Å². The van der Waals surface area contributed by atoms with Crippen LogP contribution in [-0.4, -0.2) is 48.9 Å². The number of hydrogen-bond donors (Lipinski definition) is 0. The summed E-state index contributed by atoms with van der Waals surface area (Å²) in [5, 5.41) is -0.341. The van der Waals surface area contributed by atoms with Crippen molar-refractivity contribution in [1.82, 2.24) is 4.90 Å². The van der Waals surface area contributed by atoms with E-state index < -0.39 is 5.97 Å². The first-order valence-electron chi connectivity index (χ1n) is 7.93. The van der Waals surface area contributed by atoms with E-state index in [4.69, 9.17) is 14.2 Å². The molecule has 1 aliphatic heterocycles. The third kappa shape index (κ3) is 5.14. The van der Waals surface area contributed by atoms with Gasteiger partial charge in [0, 0.05) is 6.54 Å². The van der Waals surface area contributed by atoms with Gasteiger partial charge in [-0.1, -0.05) is 6.08 Å². The normalized spacial score (nSPS) is 15.2. The van der Waals surface area contributed by atoms with Crippen LogP contribution in [0.15, 0.2) is 34.2 Å². The minimum atomic E-state index is -0.494. The molecule has 7 nitrogen and oxygen atoms in total. The Hall–Kier alpha value is -2.26. The summed E-state index contributed by atoms with van der Waals surface area (Å²) in [6.45, 7) is 5.42. The van der Waals surface area contributed by atoms with Crippen molar-refractivity contribution in [2.75, 3.05) is 26.9 Å². The Bertz CT molecular complexity index is 807. The summed E-state index contributed by atoms with van der Waals surface area (Å²) in [6, 6.07) is 3.34. The van der Waals surface area contributed by atoms with Crippen LogP contribution in [0.2, 0.25) is 0 Å². The number of hydrogen-bond acceptors (Lipinski definition) is 7. The van der Waals surface area contributed by atoms with Crippen LogP contribution in [-0.2, 0) is 14.3 Å². The Morgan fingerprint density at radius 3 is 2.74 bits per heavy atom. The maximum atomic E-state index is 12.3. The molecule has 1 aromatic carbocycles. The van der Waals surface area contributed by atoms with Crippen LogP contribution in [0, 0.1) is 0 Å². The molecule has 144 valence electrons. The number of halogens is 1. The van der Waals surface area contributed by atoms with Gasteiger partial charge in [0.25, 0.3) is 11.1 Å². The van der Waals surface area contributed by atoms with Gasteiger partial charge in [0.15, 0.2) is 18.1 Å². The first kappa shape index (κ1) is 21.0. The molecule has 1 fully saturated rings. The molecule has 0 radical (unpaired) electrons. The molecule has 0 atom stereocenters. The van der Waals surface area contributed by atoms with Crippen LogP contribution in [0.3, 0.4) is 0 Å². The third-order valence-corrected chi connectivity index (χ3v) is 4.87.